The van der Waals surface area contributed by atoms with Crippen LogP contribution in [0.15, 0.2) is 42.5 Å². The van der Waals surface area contributed by atoms with Crippen molar-refractivity contribution < 1.29 is 19.1 Å². The molecular weight excluding hydrogens is 463 g/mol. The standard InChI is InChI=1S/C25H28Cl2N2O4/c1-16-4-2-3-5-20(16)28-25(31)24(18-7-9-19(27)10-8-18)29(23(30)13-26)14-17-6-11-21-22(12-17)33-15-32-21/h6-12,16,20,24H,2-5,13-15H2,1H3,(H,28,31)/t16-,20-,24+/m1/s1. The fourth-order valence-electron chi connectivity index (χ4n) is 4.55. The first kappa shape index (κ1) is 23.7. The molecule has 1 saturated carbocycles. The summed E-state index contributed by atoms with van der Waals surface area (Å²) in [6.45, 7) is 2.53. The monoisotopic (exact) mass is 490 g/mol. The molecule has 176 valence electrons. The first-order valence-electron chi connectivity index (χ1n) is 11.3. The lowest BCUT2D eigenvalue weighted by Crippen LogP contribution is -2.49. The van der Waals surface area contributed by atoms with Crippen molar-refractivity contribution >= 4 is 35.0 Å². The number of benzene rings is 2. The maximum Gasteiger partial charge on any atom is 0.247 e. The van der Waals surface area contributed by atoms with E-state index in [-0.39, 0.29) is 37.1 Å². The van der Waals surface area contributed by atoms with E-state index < -0.39 is 6.04 Å². The normalized spacial score (nSPS) is 20.2. The lowest BCUT2D eigenvalue weighted by atomic mass is 9.85. The number of nitrogens with one attached hydrogen (secondary N) is 1. The zero-order chi connectivity index (χ0) is 23.4. The Morgan fingerprint density at radius 3 is 2.55 bits per heavy atom. The number of rotatable bonds is 7. The van der Waals surface area contributed by atoms with Crippen molar-refractivity contribution in [2.75, 3.05) is 12.7 Å². The van der Waals surface area contributed by atoms with Crippen molar-refractivity contribution in [3.63, 3.8) is 0 Å². The van der Waals surface area contributed by atoms with Crippen molar-refractivity contribution in [2.45, 2.75) is 51.2 Å². The number of hydrogen-bond donors (Lipinski definition) is 1. The number of hydrogen-bond acceptors (Lipinski definition) is 4. The van der Waals surface area contributed by atoms with Gasteiger partial charge in [-0.25, -0.2) is 0 Å². The maximum atomic E-state index is 13.7. The molecule has 1 fully saturated rings. The second kappa shape index (κ2) is 10.7. The average molecular weight is 491 g/mol. The minimum Gasteiger partial charge on any atom is -0.454 e. The van der Waals surface area contributed by atoms with Gasteiger partial charge in [0.05, 0.1) is 0 Å². The van der Waals surface area contributed by atoms with Crippen molar-refractivity contribution in [1.82, 2.24) is 10.2 Å². The minimum atomic E-state index is -0.840. The third kappa shape index (κ3) is 5.56. The number of alkyl halides is 1. The van der Waals surface area contributed by atoms with Crippen LogP contribution in [-0.4, -0.2) is 35.4 Å². The Kier molecular flexibility index (Phi) is 7.66. The highest BCUT2D eigenvalue weighted by atomic mass is 35.5. The molecule has 6 nitrogen and oxygen atoms in total. The van der Waals surface area contributed by atoms with Gasteiger partial charge in [0, 0.05) is 17.6 Å². The first-order chi connectivity index (χ1) is 16.0. The number of halogens is 2. The van der Waals surface area contributed by atoms with Crippen molar-refractivity contribution in [3.05, 3.63) is 58.6 Å². The maximum absolute atomic E-state index is 13.7. The van der Waals surface area contributed by atoms with Gasteiger partial charge in [-0.05, 0) is 54.2 Å². The number of ether oxygens (including phenoxy) is 2. The van der Waals surface area contributed by atoms with Crippen LogP contribution in [0.1, 0.15) is 49.8 Å². The smallest absolute Gasteiger partial charge is 0.247 e. The molecule has 1 N–H and O–H groups in total. The van der Waals surface area contributed by atoms with E-state index in [0.29, 0.717) is 28.0 Å². The molecule has 2 aromatic carbocycles. The van der Waals surface area contributed by atoms with Crippen LogP contribution in [0.4, 0.5) is 0 Å². The molecule has 4 rings (SSSR count). The molecule has 33 heavy (non-hydrogen) atoms. The summed E-state index contributed by atoms with van der Waals surface area (Å²) in [4.78, 5) is 28.2. The lowest BCUT2D eigenvalue weighted by molar-refractivity contribution is -0.140. The highest BCUT2D eigenvalue weighted by molar-refractivity contribution is 6.30. The van der Waals surface area contributed by atoms with E-state index in [2.05, 4.69) is 12.2 Å². The predicted molar refractivity (Wildman–Crippen MR) is 128 cm³/mol. The van der Waals surface area contributed by atoms with Crippen LogP contribution in [-0.2, 0) is 16.1 Å². The van der Waals surface area contributed by atoms with E-state index in [4.69, 9.17) is 32.7 Å². The van der Waals surface area contributed by atoms with Gasteiger partial charge >= 0.3 is 0 Å². The fourth-order valence-corrected chi connectivity index (χ4v) is 4.83. The molecule has 1 heterocycles. The van der Waals surface area contributed by atoms with Crippen LogP contribution in [0.2, 0.25) is 5.02 Å². The molecule has 1 aliphatic carbocycles. The van der Waals surface area contributed by atoms with Crippen molar-refractivity contribution in [3.8, 4) is 11.5 Å². The van der Waals surface area contributed by atoms with Crippen LogP contribution in [0.25, 0.3) is 0 Å². The summed E-state index contributed by atoms with van der Waals surface area (Å²) < 4.78 is 10.9. The minimum absolute atomic E-state index is 0.0829. The second-order valence-corrected chi connectivity index (χ2v) is 9.38. The van der Waals surface area contributed by atoms with Crippen LogP contribution in [0, 0.1) is 5.92 Å². The number of nitrogens with zero attached hydrogens (tertiary/aromatic N) is 1. The Labute approximate surface area is 204 Å². The van der Waals surface area contributed by atoms with E-state index in [0.717, 1.165) is 24.8 Å². The molecule has 0 radical (unpaired) electrons. The second-order valence-electron chi connectivity index (χ2n) is 8.67. The third-order valence-corrected chi connectivity index (χ3v) is 6.89. The molecule has 0 unspecified atom stereocenters. The van der Waals surface area contributed by atoms with Crippen molar-refractivity contribution in [1.29, 1.82) is 0 Å². The number of carbonyl (C=O) groups excluding carboxylic acids is 2. The molecule has 0 spiro atoms. The van der Waals surface area contributed by atoms with E-state index >= 15 is 0 Å². The van der Waals surface area contributed by atoms with Gasteiger partial charge in [0.15, 0.2) is 11.5 Å². The summed E-state index contributed by atoms with van der Waals surface area (Å²) in [6.07, 6.45) is 4.28. The Balaban J connectivity index is 1.66. The van der Waals surface area contributed by atoms with Crippen LogP contribution in [0.3, 0.4) is 0 Å². The fraction of sp³-hybridized carbons (Fsp3) is 0.440. The Bertz CT molecular complexity index is 998. The number of fused-ring (bicyclic) bond motifs is 1. The van der Waals surface area contributed by atoms with E-state index in [1.165, 1.54) is 11.3 Å². The van der Waals surface area contributed by atoms with Gasteiger partial charge in [0.2, 0.25) is 18.6 Å². The molecule has 2 aromatic rings. The molecule has 2 amide bonds. The molecule has 8 heteroatoms. The summed E-state index contributed by atoms with van der Waals surface area (Å²) in [6, 6.07) is 11.8. The lowest BCUT2D eigenvalue weighted by Gasteiger charge is -2.35. The SMILES string of the molecule is C[C@@H]1CCCC[C@H]1NC(=O)[C@H](c1ccc(Cl)cc1)N(Cc1ccc2c(c1)OCO2)C(=O)CCl. The Morgan fingerprint density at radius 1 is 1.09 bits per heavy atom. The number of carbonyl (C=O) groups is 2. The van der Waals surface area contributed by atoms with Crippen LogP contribution in [0.5, 0.6) is 11.5 Å². The number of amides is 2. The van der Waals surface area contributed by atoms with Gasteiger partial charge in [-0.3, -0.25) is 9.59 Å². The van der Waals surface area contributed by atoms with Gasteiger partial charge < -0.3 is 19.7 Å². The van der Waals surface area contributed by atoms with Crippen LogP contribution >= 0.6 is 23.2 Å². The average Bonchev–Trinajstić information content (AvgIpc) is 3.29. The largest absolute Gasteiger partial charge is 0.454 e. The highest BCUT2D eigenvalue weighted by Crippen LogP contribution is 2.34. The first-order valence-corrected chi connectivity index (χ1v) is 12.2. The van der Waals surface area contributed by atoms with Gasteiger partial charge in [0.25, 0.3) is 0 Å². The highest BCUT2D eigenvalue weighted by Gasteiger charge is 2.34. The van der Waals surface area contributed by atoms with E-state index in [9.17, 15) is 9.59 Å². The van der Waals surface area contributed by atoms with E-state index in [1.54, 1.807) is 24.3 Å². The van der Waals surface area contributed by atoms with Gasteiger partial charge in [-0.1, -0.05) is 49.6 Å². The van der Waals surface area contributed by atoms with E-state index in [1.807, 2.05) is 18.2 Å². The molecule has 2 aliphatic rings. The Hall–Kier alpha value is -2.44. The van der Waals surface area contributed by atoms with Crippen LogP contribution < -0.4 is 14.8 Å². The van der Waals surface area contributed by atoms with Gasteiger partial charge in [-0.15, -0.1) is 11.6 Å². The molecule has 0 aromatic heterocycles. The van der Waals surface area contributed by atoms with Crippen molar-refractivity contribution in [2.24, 2.45) is 5.92 Å². The molecule has 0 bridgehead atoms. The molecule has 0 saturated heterocycles. The molecular formula is C25H28Cl2N2O4. The zero-order valence-corrected chi connectivity index (χ0v) is 20.1. The summed E-state index contributed by atoms with van der Waals surface area (Å²) in [5, 5.41) is 3.78. The summed E-state index contributed by atoms with van der Waals surface area (Å²) in [5.41, 5.74) is 1.50. The summed E-state index contributed by atoms with van der Waals surface area (Å²) in [7, 11) is 0. The van der Waals surface area contributed by atoms with Gasteiger partial charge in [-0.2, -0.15) is 0 Å². The summed E-state index contributed by atoms with van der Waals surface area (Å²) in [5.74, 6) is 0.888. The topological polar surface area (TPSA) is 67.9 Å². The Morgan fingerprint density at radius 2 is 1.82 bits per heavy atom. The van der Waals surface area contributed by atoms with Gasteiger partial charge in [0.1, 0.15) is 11.9 Å². The molecule has 3 atom stereocenters. The predicted octanol–water partition coefficient (Wildman–Crippen LogP) is 5.07. The quantitative estimate of drug-likeness (QED) is 0.549. The molecule has 1 aliphatic heterocycles. The third-order valence-electron chi connectivity index (χ3n) is 6.41. The zero-order valence-electron chi connectivity index (χ0n) is 18.6. The summed E-state index contributed by atoms with van der Waals surface area (Å²) >= 11 is 12.1.